The van der Waals surface area contributed by atoms with Crippen molar-refractivity contribution in [2.75, 3.05) is 5.32 Å². The van der Waals surface area contributed by atoms with Crippen molar-refractivity contribution in [3.05, 3.63) is 65.0 Å². The fraction of sp³-hybridized carbons (Fsp3) is 0.125. The van der Waals surface area contributed by atoms with E-state index in [2.05, 4.69) is 5.32 Å². The second-order valence-electron chi connectivity index (χ2n) is 4.57. The first kappa shape index (κ1) is 13.9. The molecule has 0 aliphatic rings. The number of benzene rings is 2. The molecule has 20 heavy (non-hydrogen) atoms. The van der Waals surface area contributed by atoms with E-state index in [0.29, 0.717) is 11.3 Å². The summed E-state index contributed by atoms with van der Waals surface area (Å²) in [5.74, 6) is -1.09. The van der Waals surface area contributed by atoms with Gasteiger partial charge in [0.2, 0.25) is 5.91 Å². The van der Waals surface area contributed by atoms with Crippen LogP contribution in [-0.4, -0.2) is 11.7 Å². The van der Waals surface area contributed by atoms with E-state index in [1.807, 2.05) is 0 Å². The molecular weight excluding hydrogens is 257 g/mol. The van der Waals surface area contributed by atoms with Crippen LogP contribution in [0.5, 0.6) is 0 Å². The van der Waals surface area contributed by atoms with E-state index in [9.17, 15) is 14.0 Å². The third-order valence-electron chi connectivity index (χ3n) is 2.84. The molecule has 0 aromatic heterocycles. The minimum absolute atomic E-state index is 0.0443. The van der Waals surface area contributed by atoms with Crippen molar-refractivity contribution >= 4 is 17.4 Å². The van der Waals surface area contributed by atoms with E-state index in [0.717, 1.165) is 5.56 Å². The van der Waals surface area contributed by atoms with Crippen LogP contribution in [0.1, 0.15) is 28.4 Å². The number of aryl methyl sites for hydroxylation is 1. The van der Waals surface area contributed by atoms with E-state index in [1.54, 1.807) is 37.3 Å². The average Bonchev–Trinajstić information content (AvgIpc) is 2.38. The Hall–Kier alpha value is -2.49. The van der Waals surface area contributed by atoms with Gasteiger partial charge in [0, 0.05) is 18.2 Å². The standard InChI is InChI=1S/C16H14FNO2/c1-10-3-8-14(15(17)9-10)16(20)12-4-6-13(7-5-12)18-11(2)19/h3-9H,1-2H3,(H,18,19). The third-order valence-corrected chi connectivity index (χ3v) is 2.84. The molecular formula is C16H14FNO2. The van der Waals surface area contributed by atoms with Gasteiger partial charge in [0.1, 0.15) is 5.82 Å². The summed E-state index contributed by atoms with van der Waals surface area (Å²) in [5, 5.41) is 2.61. The van der Waals surface area contributed by atoms with Crippen LogP contribution in [0.15, 0.2) is 42.5 Å². The summed E-state index contributed by atoms with van der Waals surface area (Å²) < 4.78 is 13.8. The predicted octanol–water partition coefficient (Wildman–Crippen LogP) is 3.32. The number of ketones is 1. The summed E-state index contributed by atoms with van der Waals surface area (Å²) in [4.78, 5) is 23.1. The first-order valence-corrected chi connectivity index (χ1v) is 6.16. The third kappa shape index (κ3) is 3.09. The van der Waals surface area contributed by atoms with Gasteiger partial charge in [0.15, 0.2) is 5.78 Å². The van der Waals surface area contributed by atoms with Gasteiger partial charge in [-0.3, -0.25) is 9.59 Å². The first-order valence-electron chi connectivity index (χ1n) is 6.16. The molecule has 102 valence electrons. The predicted molar refractivity (Wildman–Crippen MR) is 75.3 cm³/mol. The van der Waals surface area contributed by atoms with Crippen LogP contribution in [0.4, 0.5) is 10.1 Å². The Morgan fingerprint density at radius 3 is 2.25 bits per heavy atom. The lowest BCUT2D eigenvalue weighted by atomic mass is 10.0. The smallest absolute Gasteiger partial charge is 0.221 e. The summed E-state index contributed by atoms with van der Waals surface area (Å²) in [6.07, 6.45) is 0. The van der Waals surface area contributed by atoms with Gasteiger partial charge >= 0.3 is 0 Å². The van der Waals surface area contributed by atoms with Crippen molar-refractivity contribution in [1.82, 2.24) is 0 Å². The molecule has 0 radical (unpaired) electrons. The highest BCUT2D eigenvalue weighted by atomic mass is 19.1. The summed E-state index contributed by atoms with van der Waals surface area (Å²) in [7, 11) is 0. The van der Waals surface area contributed by atoms with Crippen molar-refractivity contribution in [3.63, 3.8) is 0 Å². The van der Waals surface area contributed by atoms with Crippen molar-refractivity contribution in [3.8, 4) is 0 Å². The van der Waals surface area contributed by atoms with E-state index >= 15 is 0 Å². The fourth-order valence-electron chi connectivity index (χ4n) is 1.87. The van der Waals surface area contributed by atoms with E-state index < -0.39 is 5.82 Å². The van der Waals surface area contributed by atoms with E-state index in [-0.39, 0.29) is 17.3 Å². The maximum atomic E-state index is 13.8. The SMILES string of the molecule is CC(=O)Nc1ccc(C(=O)c2ccc(C)cc2F)cc1. The van der Waals surface area contributed by atoms with Crippen molar-refractivity contribution < 1.29 is 14.0 Å². The summed E-state index contributed by atoms with van der Waals surface area (Å²) in [6.45, 7) is 3.17. The Bertz CT molecular complexity index is 663. The highest BCUT2D eigenvalue weighted by Gasteiger charge is 2.13. The van der Waals surface area contributed by atoms with E-state index in [1.165, 1.54) is 19.1 Å². The number of hydrogen-bond donors (Lipinski definition) is 1. The van der Waals surface area contributed by atoms with Crippen LogP contribution in [0.25, 0.3) is 0 Å². The Morgan fingerprint density at radius 2 is 1.70 bits per heavy atom. The minimum atomic E-state index is -0.527. The van der Waals surface area contributed by atoms with Gasteiger partial charge in [0.25, 0.3) is 0 Å². The molecule has 3 nitrogen and oxygen atoms in total. The molecule has 2 rings (SSSR count). The molecule has 0 aliphatic carbocycles. The van der Waals surface area contributed by atoms with Crippen molar-refractivity contribution in [2.45, 2.75) is 13.8 Å². The number of halogens is 1. The monoisotopic (exact) mass is 271 g/mol. The summed E-state index contributed by atoms with van der Waals surface area (Å²) >= 11 is 0. The quantitative estimate of drug-likeness (QED) is 0.870. The molecule has 0 atom stereocenters. The Kier molecular flexibility index (Phi) is 3.94. The lowest BCUT2D eigenvalue weighted by molar-refractivity contribution is -0.114. The molecule has 2 aromatic rings. The van der Waals surface area contributed by atoms with Crippen LogP contribution in [0.3, 0.4) is 0 Å². The van der Waals surface area contributed by atoms with Gasteiger partial charge in [0.05, 0.1) is 5.56 Å². The Morgan fingerprint density at radius 1 is 1.05 bits per heavy atom. The van der Waals surface area contributed by atoms with Gasteiger partial charge in [-0.1, -0.05) is 6.07 Å². The molecule has 2 aromatic carbocycles. The largest absolute Gasteiger partial charge is 0.326 e. The molecule has 0 saturated carbocycles. The van der Waals surface area contributed by atoms with Crippen LogP contribution >= 0.6 is 0 Å². The molecule has 0 unspecified atom stereocenters. The molecule has 0 bridgehead atoms. The highest BCUT2D eigenvalue weighted by Crippen LogP contribution is 2.17. The molecule has 0 heterocycles. The fourth-order valence-corrected chi connectivity index (χ4v) is 1.87. The highest BCUT2D eigenvalue weighted by molar-refractivity contribution is 6.09. The lowest BCUT2D eigenvalue weighted by Crippen LogP contribution is -2.07. The van der Waals surface area contributed by atoms with Gasteiger partial charge in [-0.15, -0.1) is 0 Å². The number of anilines is 1. The Balaban J connectivity index is 2.27. The number of rotatable bonds is 3. The lowest BCUT2D eigenvalue weighted by Gasteiger charge is -2.06. The zero-order valence-corrected chi connectivity index (χ0v) is 11.2. The molecule has 0 spiro atoms. The zero-order valence-electron chi connectivity index (χ0n) is 11.2. The average molecular weight is 271 g/mol. The normalized spacial score (nSPS) is 10.2. The Labute approximate surface area is 116 Å². The number of carbonyl (C=O) groups is 2. The van der Waals surface area contributed by atoms with E-state index in [4.69, 9.17) is 0 Å². The van der Waals surface area contributed by atoms with Gasteiger partial charge in [-0.25, -0.2) is 4.39 Å². The van der Waals surface area contributed by atoms with Gasteiger partial charge in [-0.05, 0) is 48.9 Å². The van der Waals surface area contributed by atoms with Gasteiger partial charge in [-0.2, -0.15) is 0 Å². The second kappa shape index (κ2) is 5.65. The molecule has 0 fully saturated rings. The number of carbonyl (C=O) groups excluding carboxylic acids is 2. The number of nitrogens with one attached hydrogen (secondary N) is 1. The van der Waals surface area contributed by atoms with Crippen LogP contribution in [0, 0.1) is 12.7 Å². The topological polar surface area (TPSA) is 46.2 Å². The molecule has 0 aliphatic heterocycles. The molecule has 4 heteroatoms. The molecule has 0 saturated heterocycles. The van der Waals surface area contributed by atoms with Crippen LogP contribution < -0.4 is 5.32 Å². The molecule has 1 amide bonds. The maximum absolute atomic E-state index is 13.8. The minimum Gasteiger partial charge on any atom is -0.326 e. The number of hydrogen-bond acceptors (Lipinski definition) is 2. The number of amides is 1. The van der Waals surface area contributed by atoms with Crippen molar-refractivity contribution in [1.29, 1.82) is 0 Å². The van der Waals surface area contributed by atoms with Crippen LogP contribution in [0.2, 0.25) is 0 Å². The first-order chi connectivity index (χ1) is 9.47. The second-order valence-corrected chi connectivity index (χ2v) is 4.57. The zero-order chi connectivity index (χ0) is 14.7. The van der Waals surface area contributed by atoms with Crippen molar-refractivity contribution in [2.24, 2.45) is 0 Å². The maximum Gasteiger partial charge on any atom is 0.221 e. The molecule has 1 N–H and O–H groups in total. The van der Waals surface area contributed by atoms with Crippen LogP contribution in [-0.2, 0) is 4.79 Å². The summed E-state index contributed by atoms with van der Waals surface area (Å²) in [5.41, 5.74) is 1.78. The van der Waals surface area contributed by atoms with Gasteiger partial charge < -0.3 is 5.32 Å². The summed E-state index contributed by atoms with van der Waals surface area (Å²) in [6, 6.07) is 10.9.